The molecule has 0 saturated carbocycles. The molecule has 0 aliphatic carbocycles. The number of fused-ring (bicyclic) bond motifs is 1. The normalized spacial score (nSPS) is 12.0. The minimum Gasteiger partial charge on any atom is -0.454 e. The smallest absolute Gasteiger partial charge is 0.325 e. The van der Waals surface area contributed by atoms with Crippen molar-refractivity contribution in [1.29, 1.82) is 0 Å². The van der Waals surface area contributed by atoms with Gasteiger partial charge in [-0.25, -0.2) is 9.97 Å². The Labute approximate surface area is 159 Å². The van der Waals surface area contributed by atoms with E-state index in [9.17, 15) is 0 Å². The largest absolute Gasteiger partial charge is 0.454 e. The van der Waals surface area contributed by atoms with Crippen LogP contribution in [0, 0.1) is 0 Å². The van der Waals surface area contributed by atoms with Crippen LogP contribution in [0.3, 0.4) is 0 Å². The van der Waals surface area contributed by atoms with Crippen LogP contribution in [0.5, 0.6) is 34.9 Å². The van der Waals surface area contributed by atoms with E-state index in [4.69, 9.17) is 18.9 Å². The van der Waals surface area contributed by atoms with E-state index in [1.54, 1.807) is 43.0 Å². The topological polar surface area (TPSA) is 80.5 Å². The van der Waals surface area contributed by atoms with E-state index < -0.39 is 0 Å². The summed E-state index contributed by atoms with van der Waals surface area (Å²) in [7, 11) is 0. The summed E-state index contributed by atoms with van der Waals surface area (Å²) in [6, 6.07) is 14.7. The predicted octanol–water partition coefficient (Wildman–Crippen LogP) is 3.98. The van der Waals surface area contributed by atoms with Gasteiger partial charge < -0.3 is 23.5 Å². The number of hydrogen-bond donors (Lipinski definition) is 0. The lowest BCUT2D eigenvalue weighted by molar-refractivity contribution is 0.174. The molecule has 0 amide bonds. The van der Waals surface area contributed by atoms with Gasteiger partial charge in [-0.05, 0) is 36.4 Å². The van der Waals surface area contributed by atoms with Crippen molar-refractivity contribution in [1.82, 2.24) is 19.5 Å². The standard InChI is InChI=1S/C20H14N4O4/c1-3-15(4-2-14(1)24-10-9-21-12-24)27-19-7-8-22-20(23-19)28-16-5-6-17-18(11-16)26-13-25-17/h1-12H,13H2. The molecule has 0 fully saturated rings. The zero-order chi connectivity index (χ0) is 18.8. The Morgan fingerprint density at radius 3 is 2.57 bits per heavy atom. The van der Waals surface area contributed by atoms with E-state index in [0.29, 0.717) is 28.9 Å². The molecule has 4 aromatic rings. The summed E-state index contributed by atoms with van der Waals surface area (Å²) in [6.07, 6.45) is 6.91. The zero-order valence-electron chi connectivity index (χ0n) is 14.6. The summed E-state index contributed by atoms with van der Waals surface area (Å²) in [5.41, 5.74) is 0.986. The van der Waals surface area contributed by atoms with Crippen LogP contribution in [0.15, 0.2) is 73.4 Å². The van der Waals surface area contributed by atoms with Crippen LogP contribution in [0.2, 0.25) is 0 Å². The van der Waals surface area contributed by atoms with Gasteiger partial charge in [-0.2, -0.15) is 4.98 Å². The molecule has 5 rings (SSSR count). The predicted molar refractivity (Wildman–Crippen MR) is 98.3 cm³/mol. The van der Waals surface area contributed by atoms with Crippen LogP contribution >= 0.6 is 0 Å². The number of imidazole rings is 1. The van der Waals surface area contributed by atoms with Crippen molar-refractivity contribution in [3.8, 4) is 40.6 Å². The summed E-state index contributed by atoms with van der Waals surface area (Å²) in [6.45, 7) is 0.207. The van der Waals surface area contributed by atoms with Gasteiger partial charge in [0.2, 0.25) is 12.7 Å². The molecule has 138 valence electrons. The van der Waals surface area contributed by atoms with E-state index in [0.717, 1.165) is 5.69 Å². The van der Waals surface area contributed by atoms with Gasteiger partial charge in [0.05, 0.1) is 6.33 Å². The van der Waals surface area contributed by atoms with Crippen molar-refractivity contribution in [2.45, 2.75) is 0 Å². The minimum absolute atomic E-state index is 0.173. The maximum Gasteiger partial charge on any atom is 0.325 e. The van der Waals surface area contributed by atoms with Crippen LogP contribution in [0.25, 0.3) is 5.69 Å². The first-order valence-electron chi connectivity index (χ1n) is 8.50. The van der Waals surface area contributed by atoms with Crippen molar-refractivity contribution in [3.05, 3.63) is 73.4 Å². The monoisotopic (exact) mass is 374 g/mol. The second-order valence-corrected chi connectivity index (χ2v) is 5.86. The fourth-order valence-electron chi connectivity index (χ4n) is 2.70. The molecule has 2 aromatic carbocycles. The Morgan fingerprint density at radius 1 is 0.857 bits per heavy atom. The molecule has 1 aliphatic rings. The van der Waals surface area contributed by atoms with Gasteiger partial charge in [-0.1, -0.05) is 0 Å². The fourth-order valence-corrected chi connectivity index (χ4v) is 2.70. The highest BCUT2D eigenvalue weighted by atomic mass is 16.7. The molecule has 0 spiro atoms. The maximum atomic E-state index is 5.80. The molecule has 0 radical (unpaired) electrons. The zero-order valence-corrected chi connectivity index (χ0v) is 14.6. The van der Waals surface area contributed by atoms with E-state index in [1.807, 2.05) is 35.0 Å². The molecular formula is C20H14N4O4. The quantitative estimate of drug-likeness (QED) is 0.523. The summed E-state index contributed by atoms with van der Waals surface area (Å²) in [5, 5.41) is 0. The third-order valence-corrected chi connectivity index (χ3v) is 4.02. The van der Waals surface area contributed by atoms with Crippen LogP contribution in [0.4, 0.5) is 0 Å². The third kappa shape index (κ3) is 3.30. The van der Waals surface area contributed by atoms with Gasteiger partial charge in [0.15, 0.2) is 11.5 Å². The number of hydrogen-bond acceptors (Lipinski definition) is 7. The van der Waals surface area contributed by atoms with Crippen molar-refractivity contribution in [3.63, 3.8) is 0 Å². The Morgan fingerprint density at radius 2 is 1.71 bits per heavy atom. The SMILES string of the molecule is c1cn(-c2ccc(Oc3ccnc(Oc4ccc5c(c4)OCO5)n3)cc2)cn1. The highest BCUT2D eigenvalue weighted by Crippen LogP contribution is 2.36. The Kier molecular flexibility index (Phi) is 3.98. The van der Waals surface area contributed by atoms with Gasteiger partial charge in [-0.15, -0.1) is 0 Å². The summed E-state index contributed by atoms with van der Waals surface area (Å²) >= 11 is 0. The molecule has 3 heterocycles. The Balaban J connectivity index is 1.30. The number of aromatic nitrogens is 4. The summed E-state index contributed by atoms with van der Waals surface area (Å²) < 4.78 is 24.0. The van der Waals surface area contributed by atoms with Gasteiger partial charge in [0, 0.05) is 36.4 Å². The van der Waals surface area contributed by atoms with Crippen molar-refractivity contribution < 1.29 is 18.9 Å². The third-order valence-electron chi connectivity index (χ3n) is 4.02. The molecule has 0 unspecified atom stereocenters. The number of benzene rings is 2. The lowest BCUT2D eigenvalue weighted by Gasteiger charge is -2.08. The van der Waals surface area contributed by atoms with Crippen molar-refractivity contribution in [2.24, 2.45) is 0 Å². The van der Waals surface area contributed by atoms with Crippen molar-refractivity contribution >= 4 is 0 Å². The lowest BCUT2D eigenvalue weighted by Crippen LogP contribution is -1.95. The van der Waals surface area contributed by atoms with Crippen LogP contribution < -0.4 is 18.9 Å². The molecule has 2 aromatic heterocycles. The first-order valence-corrected chi connectivity index (χ1v) is 8.50. The molecule has 1 aliphatic heterocycles. The number of rotatable bonds is 5. The van der Waals surface area contributed by atoms with Crippen LogP contribution in [0.1, 0.15) is 0 Å². The van der Waals surface area contributed by atoms with Crippen molar-refractivity contribution in [2.75, 3.05) is 6.79 Å². The number of ether oxygens (including phenoxy) is 4. The second kappa shape index (κ2) is 6.92. The van der Waals surface area contributed by atoms with Crippen LogP contribution in [-0.4, -0.2) is 26.3 Å². The van der Waals surface area contributed by atoms with E-state index in [1.165, 1.54) is 0 Å². The van der Waals surface area contributed by atoms with E-state index in [2.05, 4.69) is 15.0 Å². The van der Waals surface area contributed by atoms with E-state index >= 15 is 0 Å². The molecule has 0 saturated heterocycles. The highest BCUT2D eigenvalue weighted by molar-refractivity contribution is 5.47. The average Bonchev–Trinajstić information content (AvgIpc) is 3.41. The summed E-state index contributed by atoms with van der Waals surface area (Å²) in [4.78, 5) is 12.4. The Hall–Kier alpha value is -4.07. The summed E-state index contributed by atoms with van der Waals surface area (Å²) in [5.74, 6) is 2.89. The minimum atomic E-state index is 0.173. The molecule has 8 heteroatoms. The molecule has 0 bridgehead atoms. The number of nitrogens with zero attached hydrogens (tertiary/aromatic N) is 4. The fraction of sp³-hybridized carbons (Fsp3) is 0.0500. The van der Waals surface area contributed by atoms with Crippen LogP contribution in [-0.2, 0) is 0 Å². The second-order valence-electron chi connectivity index (χ2n) is 5.86. The van der Waals surface area contributed by atoms with Gasteiger partial charge in [0.25, 0.3) is 0 Å². The molecule has 28 heavy (non-hydrogen) atoms. The first-order chi connectivity index (χ1) is 13.8. The molecule has 8 nitrogen and oxygen atoms in total. The highest BCUT2D eigenvalue weighted by Gasteiger charge is 2.14. The molecule has 0 atom stereocenters. The molecular weight excluding hydrogens is 360 g/mol. The van der Waals surface area contributed by atoms with Gasteiger partial charge >= 0.3 is 6.01 Å². The van der Waals surface area contributed by atoms with E-state index in [-0.39, 0.29) is 12.8 Å². The first kappa shape index (κ1) is 16.1. The molecule has 0 N–H and O–H groups in total. The maximum absolute atomic E-state index is 5.80. The lowest BCUT2D eigenvalue weighted by atomic mass is 10.3. The Bertz CT molecular complexity index is 1100. The average molecular weight is 374 g/mol. The van der Waals surface area contributed by atoms with Gasteiger partial charge in [-0.3, -0.25) is 0 Å². The van der Waals surface area contributed by atoms with Gasteiger partial charge in [0.1, 0.15) is 11.5 Å².